The lowest BCUT2D eigenvalue weighted by atomic mass is 10.0. The molecule has 4 N–H and O–H groups in total. The summed E-state index contributed by atoms with van der Waals surface area (Å²) in [5.41, 5.74) is 7.70. The fourth-order valence-corrected chi connectivity index (χ4v) is 2.67. The molecule has 3 atom stereocenters. The Kier molecular flexibility index (Phi) is 4.56. The quantitative estimate of drug-likeness (QED) is 0.765. The van der Waals surface area contributed by atoms with Gasteiger partial charge in [0.25, 0.3) is 0 Å². The van der Waals surface area contributed by atoms with Gasteiger partial charge in [-0.1, -0.05) is 24.3 Å². The van der Waals surface area contributed by atoms with Crippen molar-refractivity contribution in [2.75, 3.05) is 6.54 Å². The van der Waals surface area contributed by atoms with Gasteiger partial charge in [-0.25, -0.2) is 0 Å². The Bertz CT molecular complexity index is 448. The maximum Gasteiger partial charge on any atom is 0.223 e. The number of carbonyl (C=O) groups excluding carboxylic acids is 1. The summed E-state index contributed by atoms with van der Waals surface area (Å²) in [6.07, 6.45) is 1.87. The van der Waals surface area contributed by atoms with Crippen molar-refractivity contribution in [3.63, 3.8) is 0 Å². The third-order valence-corrected chi connectivity index (χ3v) is 3.86. The topological polar surface area (TPSA) is 75.3 Å². The summed E-state index contributed by atoms with van der Waals surface area (Å²) >= 11 is 0. The second-order valence-electron chi connectivity index (χ2n) is 5.39. The van der Waals surface area contributed by atoms with Crippen LogP contribution in [0.1, 0.15) is 36.5 Å². The molecule has 0 aliphatic heterocycles. The molecule has 0 spiro atoms. The van der Waals surface area contributed by atoms with Crippen LogP contribution in [-0.2, 0) is 4.79 Å². The number of rotatable bonds is 4. The summed E-state index contributed by atoms with van der Waals surface area (Å²) in [6, 6.07) is 7.82. The molecule has 1 saturated carbocycles. The molecule has 19 heavy (non-hydrogen) atoms. The van der Waals surface area contributed by atoms with Gasteiger partial charge in [-0.15, -0.1) is 0 Å². The maximum atomic E-state index is 11.9. The number of aryl methyl sites for hydroxylation is 1. The number of hydrogen-bond donors (Lipinski definition) is 3. The van der Waals surface area contributed by atoms with E-state index in [2.05, 4.69) is 5.32 Å². The van der Waals surface area contributed by atoms with E-state index in [1.54, 1.807) is 0 Å². The van der Waals surface area contributed by atoms with Crippen LogP contribution in [-0.4, -0.2) is 23.6 Å². The Morgan fingerprint density at radius 2 is 2.21 bits per heavy atom. The van der Waals surface area contributed by atoms with Crippen molar-refractivity contribution >= 4 is 5.91 Å². The van der Waals surface area contributed by atoms with Gasteiger partial charge >= 0.3 is 0 Å². The van der Waals surface area contributed by atoms with E-state index in [0.29, 0.717) is 0 Å². The summed E-state index contributed by atoms with van der Waals surface area (Å²) in [4.78, 5) is 11.9. The molecule has 1 aliphatic carbocycles. The first kappa shape index (κ1) is 14.0. The predicted octanol–water partition coefficient (Wildman–Crippen LogP) is 1.27. The van der Waals surface area contributed by atoms with Crippen LogP contribution in [0.15, 0.2) is 24.3 Å². The second kappa shape index (κ2) is 6.17. The van der Waals surface area contributed by atoms with Gasteiger partial charge in [0.15, 0.2) is 0 Å². The molecule has 1 aromatic rings. The summed E-state index contributed by atoms with van der Waals surface area (Å²) in [5, 5.41) is 12.9. The third-order valence-electron chi connectivity index (χ3n) is 3.86. The highest BCUT2D eigenvalue weighted by molar-refractivity contribution is 5.79. The summed E-state index contributed by atoms with van der Waals surface area (Å²) in [6.45, 7) is 2.21. The Morgan fingerprint density at radius 1 is 1.47 bits per heavy atom. The van der Waals surface area contributed by atoms with Crippen LogP contribution in [0.3, 0.4) is 0 Å². The first-order chi connectivity index (χ1) is 9.08. The highest BCUT2D eigenvalue weighted by Gasteiger charge is 2.27. The van der Waals surface area contributed by atoms with Gasteiger partial charge in [0, 0.05) is 18.5 Å². The van der Waals surface area contributed by atoms with E-state index >= 15 is 0 Å². The highest BCUT2D eigenvalue weighted by atomic mass is 16.3. The number of nitrogens with two attached hydrogens (primary N) is 1. The molecule has 0 heterocycles. The Balaban J connectivity index is 1.85. The second-order valence-corrected chi connectivity index (χ2v) is 5.39. The summed E-state index contributed by atoms with van der Waals surface area (Å²) in [5.74, 6) is 0.0275. The van der Waals surface area contributed by atoms with E-state index in [4.69, 9.17) is 5.73 Å². The number of aliphatic hydroxyl groups is 1. The van der Waals surface area contributed by atoms with E-state index in [1.807, 2.05) is 31.2 Å². The van der Waals surface area contributed by atoms with Crippen LogP contribution in [0.25, 0.3) is 0 Å². The molecule has 1 fully saturated rings. The lowest BCUT2D eigenvalue weighted by Crippen LogP contribution is -2.33. The third kappa shape index (κ3) is 3.55. The number of hydrogen-bond acceptors (Lipinski definition) is 3. The van der Waals surface area contributed by atoms with Gasteiger partial charge in [0.2, 0.25) is 5.91 Å². The molecule has 4 heteroatoms. The van der Waals surface area contributed by atoms with E-state index in [9.17, 15) is 9.90 Å². The normalized spacial score (nSPS) is 24.2. The van der Waals surface area contributed by atoms with Crippen LogP contribution in [0.2, 0.25) is 0 Å². The maximum absolute atomic E-state index is 11.9. The SMILES string of the molecule is Cc1ccccc1[C@H](O)CNC(=O)[C@@H]1CC[C@@H](N)C1. The van der Waals surface area contributed by atoms with Crippen LogP contribution in [0.5, 0.6) is 0 Å². The van der Waals surface area contributed by atoms with Gasteiger partial charge in [-0.2, -0.15) is 0 Å². The molecule has 0 saturated heterocycles. The number of aliphatic hydroxyl groups excluding tert-OH is 1. The average Bonchev–Trinajstić information content (AvgIpc) is 2.83. The summed E-state index contributed by atoms with van der Waals surface area (Å²) < 4.78 is 0. The van der Waals surface area contributed by atoms with E-state index in [1.165, 1.54) is 0 Å². The van der Waals surface area contributed by atoms with Crippen LogP contribution < -0.4 is 11.1 Å². The minimum absolute atomic E-state index is 0.0130. The molecule has 4 nitrogen and oxygen atoms in total. The number of amides is 1. The fraction of sp³-hybridized carbons (Fsp3) is 0.533. The van der Waals surface area contributed by atoms with E-state index < -0.39 is 6.10 Å². The van der Waals surface area contributed by atoms with Crippen molar-refractivity contribution in [2.45, 2.75) is 38.3 Å². The molecule has 2 rings (SSSR count). The van der Waals surface area contributed by atoms with Crippen molar-refractivity contribution in [3.8, 4) is 0 Å². The smallest absolute Gasteiger partial charge is 0.223 e. The molecule has 0 unspecified atom stereocenters. The molecule has 0 aromatic heterocycles. The van der Waals surface area contributed by atoms with Crippen LogP contribution in [0, 0.1) is 12.8 Å². The number of nitrogens with one attached hydrogen (secondary N) is 1. The molecule has 0 radical (unpaired) electrons. The van der Waals surface area contributed by atoms with Gasteiger partial charge in [0.05, 0.1) is 6.10 Å². The van der Waals surface area contributed by atoms with E-state index in [0.717, 1.165) is 30.4 Å². The molecule has 1 aromatic carbocycles. The minimum atomic E-state index is -0.653. The lowest BCUT2D eigenvalue weighted by Gasteiger charge is -2.16. The monoisotopic (exact) mass is 262 g/mol. The van der Waals surface area contributed by atoms with Crippen molar-refractivity contribution in [1.29, 1.82) is 0 Å². The Morgan fingerprint density at radius 3 is 2.84 bits per heavy atom. The van der Waals surface area contributed by atoms with Crippen LogP contribution in [0.4, 0.5) is 0 Å². The molecular weight excluding hydrogens is 240 g/mol. The number of carbonyl (C=O) groups is 1. The minimum Gasteiger partial charge on any atom is -0.387 e. The predicted molar refractivity (Wildman–Crippen MR) is 74.5 cm³/mol. The first-order valence-corrected chi connectivity index (χ1v) is 6.85. The van der Waals surface area contributed by atoms with Gasteiger partial charge in [-0.3, -0.25) is 4.79 Å². The zero-order chi connectivity index (χ0) is 13.8. The zero-order valence-electron chi connectivity index (χ0n) is 11.3. The van der Waals surface area contributed by atoms with Gasteiger partial charge in [0.1, 0.15) is 0 Å². The molecule has 0 bridgehead atoms. The van der Waals surface area contributed by atoms with Crippen molar-refractivity contribution in [3.05, 3.63) is 35.4 Å². The van der Waals surface area contributed by atoms with E-state index in [-0.39, 0.29) is 24.4 Å². The van der Waals surface area contributed by atoms with Gasteiger partial charge in [-0.05, 0) is 37.3 Å². The average molecular weight is 262 g/mol. The molecule has 1 amide bonds. The number of benzene rings is 1. The molecule has 104 valence electrons. The van der Waals surface area contributed by atoms with Crippen molar-refractivity contribution < 1.29 is 9.90 Å². The van der Waals surface area contributed by atoms with Crippen molar-refractivity contribution in [1.82, 2.24) is 5.32 Å². The molecule has 1 aliphatic rings. The zero-order valence-corrected chi connectivity index (χ0v) is 11.3. The summed E-state index contributed by atoms with van der Waals surface area (Å²) in [7, 11) is 0. The van der Waals surface area contributed by atoms with Gasteiger partial charge < -0.3 is 16.2 Å². The largest absolute Gasteiger partial charge is 0.387 e. The van der Waals surface area contributed by atoms with Crippen molar-refractivity contribution in [2.24, 2.45) is 11.7 Å². The Hall–Kier alpha value is -1.39. The highest BCUT2D eigenvalue weighted by Crippen LogP contribution is 2.24. The lowest BCUT2D eigenvalue weighted by molar-refractivity contribution is -0.125. The first-order valence-electron chi connectivity index (χ1n) is 6.85. The standard InChI is InChI=1S/C15H22N2O2/c1-10-4-2-3-5-13(10)14(18)9-17-15(19)11-6-7-12(16)8-11/h2-5,11-12,14,18H,6-9,16H2,1H3,(H,17,19)/t11-,12-,14-/m1/s1. The molecular formula is C15H22N2O2. The Labute approximate surface area is 114 Å². The van der Waals surface area contributed by atoms with Crippen LogP contribution >= 0.6 is 0 Å². The fourth-order valence-electron chi connectivity index (χ4n) is 2.67.